The van der Waals surface area contributed by atoms with Crippen molar-refractivity contribution in [3.8, 4) is 5.75 Å². The van der Waals surface area contributed by atoms with Crippen LogP contribution in [0.25, 0.3) is 0 Å². The molecular formula is C16H19F6N3O2. The molecule has 0 radical (unpaired) electrons. The van der Waals surface area contributed by atoms with Gasteiger partial charge in [0.1, 0.15) is 11.8 Å². The van der Waals surface area contributed by atoms with Gasteiger partial charge < -0.3 is 15.4 Å². The number of hydrogen-bond donors (Lipinski definition) is 2. The number of benzene rings is 1. The molecule has 0 aromatic heterocycles. The minimum Gasteiger partial charge on any atom is -0.484 e. The van der Waals surface area contributed by atoms with E-state index in [0.717, 1.165) is 24.3 Å². The number of amides is 1. The van der Waals surface area contributed by atoms with Gasteiger partial charge in [-0.2, -0.15) is 26.3 Å². The van der Waals surface area contributed by atoms with Crippen LogP contribution in [0.5, 0.6) is 5.75 Å². The van der Waals surface area contributed by atoms with E-state index in [1.54, 1.807) is 0 Å². The Hall–Kier alpha value is -2.01. The Balaban J connectivity index is 1.83. The second-order valence-electron chi connectivity index (χ2n) is 5.96. The van der Waals surface area contributed by atoms with Crippen molar-refractivity contribution in [2.24, 2.45) is 0 Å². The maximum atomic E-state index is 13.2. The zero-order chi connectivity index (χ0) is 20.1. The molecule has 1 aromatic carbocycles. The molecule has 0 bridgehead atoms. The maximum Gasteiger partial charge on any atom is 0.416 e. The van der Waals surface area contributed by atoms with Gasteiger partial charge in [0.05, 0.1) is 5.56 Å². The lowest BCUT2D eigenvalue weighted by Gasteiger charge is -2.35. The number of nitrogens with one attached hydrogen (secondary N) is 2. The number of alkyl halides is 6. The van der Waals surface area contributed by atoms with Crippen LogP contribution in [0.3, 0.4) is 0 Å². The Labute approximate surface area is 151 Å². The smallest absolute Gasteiger partial charge is 0.416 e. The van der Waals surface area contributed by atoms with E-state index < -0.39 is 43.0 Å². The summed E-state index contributed by atoms with van der Waals surface area (Å²) in [6.07, 6.45) is -8.99. The lowest BCUT2D eigenvalue weighted by Crippen LogP contribution is -2.57. The van der Waals surface area contributed by atoms with Crippen LogP contribution in [0, 0.1) is 0 Å². The Kier molecular flexibility index (Phi) is 6.93. The Morgan fingerprint density at radius 1 is 1.11 bits per heavy atom. The van der Waals surface area contributed by atoms with Gasteiger partial charge >= 0.3 is 12.4 Å². The highest BCUT2D eigenvalue weighted by Crippen LogP contribution is 2.30. The number of rotatable bonds is 6. The average molecular weight is 399 g/mol. The molecule has 1 unspecified atom stereocenters. The van der Waals surface area contributed by atoms with Gasteiger partial charge in [0.15, 0.2) is 6.61 Å². The molecule has 1 aromatic rings. The number of ether oxygens (including phenoxy) is 1. The van der Waals surface area contributed by atoms with Gasteiger partial charge in [0, 0.05) is 32.7 Å². The third-order valence-electron chi connectivity index (χ3n) is 4.01. The summed E-state index contributed by atoms with van der Waals surface area (Å²) in [7, 11) is 0. The highest BCUT2D eigenvalue weighted by molar-refractivity contribution is 5.77. The first-order valence-electron chi connectivity index (χ1n) is 8.15. The van der Waals surface area contributed by atoms with E-state index in [2.05, 4.69) is 10.6 Å². The first-order chi connectivity index (χ1) is 12.6. The molecule has 2 rings (SSSR count). The fraction of sp³-hybridized carbons (Fsp3) is 0.562. The van der Waals surface area contributed by atoms with Crippen LogP contribution in [-0.4, -0.2) is 62.4 Å². The summed E-state index contributed by atoms with van der Waals surface area (Å²) in [5, 5.41) is 5.12. The van der Waals surface area contributed by atoms with E-state index in [-0.39, 0.29) is 18.8 Å². The summed E-state index contributed by atoms with van der Waals surface area (Å²) >= 11 is 0. The van der Waals surface area contributed by atoms with Crippen molar-refractivity contribution in [2.45, 2.75) is 18.4 Å². The predicted molar refractivity (Wildman–Crippen MR) is 84.2 cm³/mol. The Morgan fingerprint density at radius 3 is 2.22 bits per heavy atom. The fourth-order valence-corrected chi connectivity index (χ4v) is 2.60. The number of halogens is 6. The lowest BCUT2D eigenvalue weighted by atomic mass is 10.2. The van der Waals surface area contributed by atoms with Gasteiger partial charge in [0.2, 0.25) is 0 Å². The molecule has 1 fully saturated rings. The van der Waals surface area contributed by atoms with E-state index in [1.165, 1.54) is 4.90 Å². The van der Waals surface area contributed by atoms with Crippen LogP contribution < -0.4 is 15.4 Å². The number of piperazine rings is 1. The minimum atomic E-state index is -4.50. The molecule has 5 nitrogen and oxygen atoms in total. The summed E-state index contributed by atoms with van der Waals surface area (Å²) in [5.41, 5.74) is -0.872. The highest BCUT2D eigenvalue weighted by atomic mass is 19.4. The molecule has 0 aliphatic carbocycles. The molecular weight excluding hydrogens is 380 g/mol. The molecule has 27 heavy (non-hydrogen) atoms. The van der Waals surface area contributed by atoms with Gasteiger partial charge in [-0.1, -0.05) is 0 Å². The van der Waals surface area contributed by atoms with E-state index in [1.807, 2.05) is 0 Å². The van der Waals surface area contributed by atoms with Crippen LogP contribution in [0.4, 0.5) is 26.3 Å². The average Bonchev–Trinajstić information content (AvgIpc) is 2.59. The van der Waals surface area contributed by atoms with Crippen molar-refractivity contribution in [3.63, 3.8) is 0 Å². The number of carbonyl (C=O) groups excluding carboxylic acids is 1. The maximum absolute atomic E-state index is 13.2. The van der Waals surface area contributed by atoms with Gasteiger partial charge in [-0.25, -0.2) is 0 Å². The largest absolute Gasteiger partial charge is 0.484 e. The lowest BCUT2D eigenvalue weighted by molar-refractivity contribution is -0.184. The number of hydrogen-bond acceptors (Lipinski definition) is 4. The number of carbonyl (C=O) groups is 1. The summed E-state index contributed by atoms with van der Waals surface area (Å²) in [4.78, 5) is 13.0. The summed E-state index contributed by atoms with van der Waals surface area (Å²) in [5.74, 6) is -0.785. The quantitative estimate of drug-likeness (QED) is 0.719. The molecule has 1 aliphatic rings. The van der Waals surface area contributed by atoms with Crippen molar-refractivity contribution in [1.82, 2.24) is 15.5 Å². The highest BCUT2D eigenvalue weighted by Gasteiger charge is 2.43. The van der Waals surface area contributed by atoms with Gasteiger partial charge in [-0.15, -0.1) is 0 Å². The van der Waals surface area contributed by atoms with Gasteiger partial charge in [-0.3, -0.25) is 9.69 Å². The summed E-state index contributed by atoms with van der Waals surface area (Å²) in [6, 6.07) is 1.84. The Bertz CT molecular complexity index is 612. The second kappa shape index (κ2) is 8.79. The molecule has 1 aliphatic heterocycles. The zero-order valence-corrected chi connectivity index (χ0v) is 14.2. The van der Waals surface area contributed by atoms with Gasteiger partial charge in [-0.05, 0) is 24.3 Å². The molecule has 0 spiro atoms. The van der Waals surface area contributed by atoms with Crippen LogP contribution in [0.2, 0.25) is 0 Å². The second-order valence-corrected chi connectivity index (χ2v) is 5.96. The van der Waals surface area contributed by atoms with Crippen molar-refractivity contribution < 1.29 is 35.9 Å². The topological polar surface area (TPSA) is 53.6 Å². The van der Waals surface area contributed by atoms with Crippen molar-refractivity contribution in [1.29, 1.82) is 0 Å². The normalized spacial score (nSPS) is 17.4. The third kappa shape index (κ3) is 6.58. The predicted octanol–water partition coefficient (Wildman–Crippen LogP) is 2.04. The van der Waals surface area contributed by atoms with Crippen molar-refractivity contribution in [2.75, 3.05) is 39.3 Å². The zero-order valence-electron chi connectivity index (χ0n) is 14.2. The molecule has 1 heterocycles. The standard InChI is InChI=1S/C16H19F6N3O2/c17-15(18,19)11-1-3-12(4-2-11)27-10-14(26)24-9-13(16(20,21)22)25-7-5-23-6-8-25/h1-4,13,23H,5-10H2,(H,24,26). The fourth-order valence-electron chi connectivity index (χ4n) is 2.60. The summed E-state index contributed by atoms with van der Waals surface area (Å²) < 4.78 is 82.0. The van der Waals surface area contributed by atoms with Crippen molar-refractivity contribution >= 4 is 5.91 Å². The van der Waals surface area contributed by atoms with E-state index in [9.17, 15) is 31.1 Å². The van der Waals surface area contributed by atoms with Crippen LogP contribution in [0.15, 0.2) is 24.3 Å². The van der Waals surface area contributed by atoms with Crippen LogP contribution in [-0.2, 0) is 11.0 Å². The summed E-state index contributed by atoms with van der Waals surface area (Å²) in [6.45, 7) is 0.0511. The molecule has 0 saturated carbocycles. The number of nitrogens with zero attached hydrogens (tertiary/aromatic N) is 1. The van der Waals surface area contributed by atoms with E-state index in [4.69, 9.17) is 4.74 Å². The van der Waals surface area contributed by atoms with E-state index in [0.29, 0.717) is 13.1 Å². The minimum absolute atomic E-state index is 0.00706. The van der Waals surface area contributed by atoms with Crippen molar-refractivity contribution in [3.05, 3.63) is 29.8 Å². The first-order valence-corrected chi connectivity index (χ1v) is 8.15. The molecule has 152 valence electrons. The molecule has 11 heteroatoms. The molecule has 1 atom stereocenters. The third-order valence-corrected chi connectivity index (χ3v) is 4.01. The van der Waals surface area contributed by atoms with E-state index >= 15 is 0 Å². The monoisotopic (exact) mass is 399 g/mol. The van der Waals surface area contributed by atoms with Crippen LogP contribution >= 0.6 is 0 Å². The molecule has 2 N–H and O–H groups in total. The van der Waals surface area contributed by atoms with Crippen LogP contribution in [0.1, 0.15) is 5.56 Å². The van der Waals surface area contributed by atoms with Gasteiger partial charge in [0.25, 0.3) is 5.91 Å². The molecule has 1 saturated heterocycles. The molecule has 1 amide bonds. The first kappa shape index (κ1) is 21.3. The Morgan fingerprint density at radius 2 is 1.70 bits per heavy atom. The SMILES string of the molecule is O=C(COc1ccc(C(F)(F)F)cc1)NCC(N1CCNCC1)C(F)(F)F.